The first-order chi connectivity index (χ1) is 9.04. The van der Waals surface area contributed by atoms with Crippen LogP contribution in [-0.4, -0.2) is 10.4 Å². The molecule has 2 rings (SSSR count). The lowest BCUT2D eigenvalue weighted by molar-refractivity contribution is 0.108. The number of rotatable bonds is 4. The fourth-order valence-corrected chi connectivity index (χ4v) is 2.23. The van der Waals surface area contributed by atoms with Crippen molar-refractivity contribution in [1.29, 1.82) is 0 Å². The predicted octanol–water partition coefficient (Wildman–Crippen LogP) is 4.54. The van der Waals surface area contributed by atoms with Crippen LogP contribution < -0.4 is 0 Å². The molecular formula is C15H16ClNO2. The summed E-state index contributed by atoms with van der Waals surface area (Å²) in [6.07, 6.45) is 1.09. The van der Waals surface area contributed by atoms with Crippen LogP contribution in [0.25, 0.3) is 11.3 Å². The highest BCUT2D eigenvalue weighted by atomic mass is 35.5. The van der Waals surface area contributed by atoms with Gasteiger partial charge < -0.3 is 4.52 Å². The number of halogens is 1. The van der Waals surface area contributed by atoms with Gasteiger partial charge in [0.05, 0.1) is 0 Å². The van der Waals surface area contributed by atoms with Crippen LogP contribution in [-0.2, 0) is 0 Å². The van der Waals surface area contributed by atoms with Crippen LogP contribution in [0.1, 0.15) is 47.9 Å². The number of nitrogens with zero attached hydrogens (tertiary/aromatic N) is 1. The van der Waals surface area contributed by atoms with Crippen molar-refractivity contribution in [1.82, 2.24) is 5.16 Å². The Labute approximate surface area is 117 Å². The van der Waals surface area contributed by atoms with Crippen molar-refractivity contribution in [2.45, 2.75) is 33.1 Å². The van der Waals surface area contributed by atoms with Gasteiger partial charge in [-0.05, 0) is 36.4 Å². The van der Waals surface area contributed by atoms with E-state index in [1.807, 2.05) is 12.1 Å². The summed E-state index contributed by atoms with van der Waals surface area (Å²) in [4.78, 5) is 11.4. The van der Waals surface area contributed by atoms with Crippen molar-refractivity contribution >= 4 is 16.8 Å². The lowest BCUT2D eigenvalue weighted by Gasteiger charge is -2.09. The quantitative estimate of drug-likeness (QED) is 0.771. The second-order valence-corrected chi connectivity index (χ2v) is 5.01. The molecule has 0 N–H and O–H groups in total. The fourth-order valence-electron chi connectivity index (χ4n) is 2.01. The Morgan fingerprint density at radius 3 is 2.53 bits per heavy atom. The van der Waals surface area contributed by atoms with Gasteiger partial charge >= 0.3 is 0 Å². The van der Waals surface area contributed by atoms with E-state index < -0.39 is 5.24 Å². The Kier molecular flexibility index (Phi) is 4.05. The Morgan fingerprint density at radius 1 is 1.37 bits per heavy atom. The zero-order valence-electron chi connectivity index (χ0n) is 11.2. The van der Waals surface area contributed by atoms with Gasteiger partial charge in [-0.3, -0.25) is 4.79 Å². The van der Waals surface area contributed by atoms with E-state index in [0.29, 0.717) is 22.9 Å². The third kappa shape index (κ3) is 2.71. The highest BCUT2D eigenvalue weighted by Gasteiger charge is 2.19. The van der Waals surface area contributed by atoms with Crippen molar-refractivity contribution in [2.75, 3.05) is 0 Å². The van der Waals surface area contributed by atoms with E-state index in [4.69, 9.17) is 16.1 Å². The minimum absolute atomic E-state index is 0.345. The molecule has 0 saturated heterocycles. The van der Waals surface area contributed by atoms with E-state index >= 15 is 0 Å². The molecule has 19 heavy (non-hydrogen) atoms. The first kappa shape index (κ1) is 13.8. The molecule has 0 spiro atoms. The van der Waals surface area contributed by atoms with Crippen molar-refractivity contribution in [2.24, 2.45) is 0 Å². The molecule has 0 amide bonds. The summed E-state index contributed by atoms with van der Waals surface area (Å²) in [7, 11) is 0. The number of carbonyl (C=O) groups is 1. The van der Waals surface area contributed by atoms with Gasteiger partial charge in [-0.25, -0.2) is 0 Å². The van der Waals surface area contributed by atoms with E-state index in [2.05, 4.69) is 31.1 Å². The number of hydrogen-bond acceptors (Lipinski definition) is 3. The molecular weight excluding hydrogens is 262 g/mol. The largest absolute Gasteiger partial charge is 0.360 e. The molecule has 1 atom stereocenters. The van der Waals surface area contributed by atoms with E-state index in [1.165, 1.54) is 5.56 Å². The van der Waals surface area contributed by atoms with Crippen LogP contribution in [0.15, 0.2) is 28.8 Å². The summed E-state index contributed by atoms with van der Waals surface area (Å²) >= 11 is 5.57. The summed E-state index contributed by atoms with van der Waals surface area (Å²) in [6, 6.07) is 8.00. The molecule has 2 aromatic rings. The number of aryl methyl sites for hydroxylation is 1. The molecule has 1 aromatic heterocycles. The zero-order chi connectivity index (χ0) is 14.0. The molecule has 1 heterocycles. The van der Waals surface area contributed by atoms with Crippen LogP contribution in [0, 0.1) is 6.92 Å². The zero-order valence-corrected chi connectivity index (χ0v) is 12.0. The van der Waals surface area contributed by atoms with Crippen molar-refractivity contribution < 1.29 is 9.32 Å². The molecule has 0 bridgehead atoms. The molecule has 3 nitrogen and oxygen atoms in total. The second kappa shape index (κ2) is 5.57. The molecule has 0 aliphatic rings. The third-order valence-corrected chi connectivity index (χ3v) is 3.61. The molecule has 1 unspecified atom stereocenters. The molecule has 0 saturated carbocycles. The van der Waals surface area contributed by atoms with Crippen molar-refractivity contribution in [3.8, 4) is 11.3 Å². The highest BCUT2D eigenvalue weighted by molar-refractivity contribution is 6.68. The van der Waals surface area contributed by atoms with Crippen LogP contribution in [0.3, 0.4) is 0 Å². The molecule has 100 valence electrons. The summed E-state index contributed by atoms with van der Waals surface area (Å²) in [5.41, 5.74) is 2.96. The maximum Gasteiger partial charge on any atom is 0.258 e. The van der Waals surface area contributed by atoms with Crippen molar-refractivity contribution in [3.05, 3.63) is 41.2 Å². The molecule has 0 radical (unpaired) electrons. The highest BCUT2D eigenvalue weighted by Crippen LogP contribution is 2.28. The molecule has 0 aliphatic heterocycles. The number of benzene rings is 1. The van der Waals surface area contributed by atoms with E-state index in [1.54, 1.807) is 6.92 Å². The maximum atomic E-state index is 11.4. The average Bonchev–Trinajstić information content (AvgIpc) is 2.80. The average molecular weight is 278 g/mol. The van der Waals surface area contributed by atoms with Gasteiger partial charge in [-0.1, -0.05) is 43.3 Å². The smallest absolute Gasteiger partial charge is 0.258 e. The predicted molar refractivity (Wildman–Crippen MR) is 75.6 cm³/mol. The summed E-state index contributed by atoms with van der Waals surface area (Å²) < 4.78 is 5.05. The lowest BCUT2D eigenvalue weighted by atomic mass is 9.96. The normalized spacial score (nSPS) is 12.4. The monoisotopic (exact) mass is 277 g/mol. The van der Waals surface area contributed by atoms with Crippen LogP contribution >= 0.6 is 11.6 Å². The van der Waals surface area contributed by atoms with Gasteiger partial charge in [0.25, 0.3) is 5.24 Å². The van der Waals surface area contributed by atoms with Gasteiger partial charge in [0.15, 0.2) is 0 Å². The van der Waals surface area contributed by atoms with E-state index in [9.17, 15) is 4.79 Å². The summed E-state index contributed by atoms with van der Waals surface area (Å²) in [5, 5.41) is 3.38. The van der Waals surface area contributed by atoms with Gasteiger partial charge in [-0.2, -0.15) is 0 Å². The van der Waals surface area contributed by atoms with Gasteiger partial charge in [0, 0.05) is 5.56 Å². The van der Waals surface area contributed by atoms with E-state index in [-0.39, 0.29) is 0 Å². The van der Waals surface area contributed by atoms with Crippen LogP contribution in [0.2, 0.25) is 0 Å². The Morgan fingerprint density at radius 2 is 2.00 bits per heavy atom. The van der Waals surface area contributed by atoms with E-state index in [0.717, 1.165) is 12.0 Å². The first-order valence-corrected chi connectivity index (χ1v) is 6.68. The SMILES string of the molecule is CCC(C)c1ccc(-c2noc(C)c2C(=O)Cl)cc1. The van der Waals surface area contributed by atoms with Gasteiger partial charge in [-0.15, -0.1) is 0 Å². The summed E-state index contributed by atoms with van der Waals surface area (Å²) in [6.45, 7) is 6.02. The van der Waals surface area contributed by atoms with Crippen LogP contribution in [0.4, 0.5) is 0 Å². The topological polar surface area (TPSA) is 43.1 Å². The van der Waals surface area contributed by atoms with Gasteiger partial charge in [0.2, 0.25) is 0 Å². The molecule has 1 aromatic carbocycles. The first-order valence-electron chi connectivity index (χ1n) is 6.31. The molecule has 0 fully saturated rings. The number of aromatic nitrogens is 1. The lowest BCUT2D eigenvalue weighted by Crippen LogP contribution is -1.94. The Bertz CT molecular complexity index is 587. The van der Waals surface area contributed by atoms with Gasteiger partial charge in [0.1, 0.15) is 17.0 Å². The maximum absolute atomic E-state index is 11.4. The number of hydrogen-bond donors (Lipinski definition) is 0. The Hall–Kier alpha value is -1.61. The minimum atomic E-state index is -0.542. The van der Waals surface area contributed by atoms with Crippen LogP contribution in [0.5, 0.6) is 0 Å². The molecule has 0 aliphatic carbocycles. The number of carbonyl (C=O) groups excluding carboxylic acids is 1. The fraction of sp³-hybridized carbons (Fsp3) is 0.333. The summed E-state index contributed by atoms with van der Waals surface area (Å²) in [5.74, 6) is 0.961. The van der Waals surface area contributed by atoms with Crippen molar-refractivity contribution in [3.63, 3.8) is 0 Å². The standard InChI is InChI=1S/C15H16ClNO2/c1-4-9(2)11-5-7-12(8-6-11)14-13(15(16)18)10(3)19-17-14/h5-9H,4H2,1-3H3. The molecule has 4 heteroatoms. The minimum Gasteiger partial charge on any atom is -0.360 e. The third-order valence-electron chi connectivity index (χ3n) is 3.42. The Balaban J connectivity index is 2.40. The second-order valence-electron chi connectivity index (χ2n) is 4.67.